The molecule has 4 rings (SSSR count). The van der Waals surface area contributed by atoms with Crippen molar-refractivity contribution < 1.29 is 23.9 Å². The summed E-state index contributed by atoms with van der Waals surface area (Å²) in [5, 5.41) is 2.72. The number of rotatable bonds is 3. The van der Waals surface area contributed by atoms with Gasteiger partial charge >= 0.3 is 6.03 Å². The average Bonchev–Trinajstić information content (AvgIpc) is 3.25. The minimum atomic E-state index is -1.24. The predicted molar refractivity (Wildman–Crippen MR) is 90.8 cm³/mol. The van der Waals surface area contributed by atoms with E-state index in [0.717, 1.165) is 17.7 Å². The first kappa shape index (κ1) is 16.7. The number of nitrogens with zero attached hydrogens (tertiary/aromatic N) is 2. The topological polar surface area (TPSA) is 88.2 Å². The second kappa shape index (κ2) is 6.19. The van der Waals surface area contributed by atoms with Gasteiger partial charge in [0.1, 0.15) is 25.3 Å². The van der Waals surface area contributed by atoms with Crippen LogP contribution in [0.2, 0.25) is 0 Å². The molecule has 0 bridgehead atoms. The molecule has 4 amide bonds. The van der Waals surface area contributed by atoms with E-state index in [1.165, 1.54) is 0 Å². The van der Waals surface area contributed by atoms with E-state index >= 15 is 0 Å². The first-order chi connectivity index (χ1) is 12.5. The molecule has 0 unspecified atom stereocenters. The standard InChI is InChI=1S/C18H21N3O5/c1-18(12-4-5-13-14(10-12)26-9-8-25-13)16(23)21(17(24)19-18)11-15(22)20-6-2-3-7-20/h4-5,10H,2-3,6-9,11H2,1H3,(H,19,24)/t18-/m0/s1. The van der Waals surface area contributed by atoms with E-state index in [1.807, 2.05) is 0 Å². The summed E-state index contributed by atoms with van der Waals surface area (Å²) in [5.74, 6) is 0.522. The second-order valence-corrected chi connectivity index (χ2v) is 6.89. The van der Waals surface area contributed by atoms with Crippen LogP contribution < -0.4 is 14.8 Å². The van der Waals surface area contributed by atoms with Gasteiger partial charge in [0.2, 0.25) is 5.91 Å². The fraction of sp³-hybridized carbons (Fsp3) is 0.500. The SMILES string of the molecule is C[C@@]1(c2ccc3c(c2)OCCO3)NC(=O)N(CC(=O)N2CCCC2)C1=O. The van der Waals surface area contributed by atoms with Gasteiger partial charge in [-0.15, -0.1) is 0 Å². The van der Waals surface area contributed by atoms with Crippen molar-refractivity contribution in [2.45, 2.75) is 25.3 Å². The Morgan fingerprint density at radius 3 is 2.58 bits per heavy atom. The quantitative estimate of drug-likeness (QED) is 0.809. The highest BCUT2D eigenvalue weighted by Crippen LogP contribution is 2.36. The van der Waals surface area contributed by atoms with Crippen molar-refractivity contribution in [2.24, 2.45) is 0 Å². The average molecular weight is 359 g/mol. The number of likely N-dealkylation sites (tertiary alicyclic amines) is 1. The summed E-state index contributed by atoms with van der Waals surface area (Å²) in [4.78, 5) is 40.4. The molecule has 1 aromatic carbocycles. The number of ether oxygens (including phenoxy) is 2. The molecule has 1 aromatic rings. The summed E-state index contributed by atoms with van der Waals surface area (Å²) in [6, 6.07) is 4.61. The zero-order valence-corrected chi connectivity index (χ0v) is 14.6. The van der Waals surface area contributed by atoms with Gasteiger partial charge in [-0.05, 0) is 37.5 Å². The number of nitrogens with one attached hydrogen (secondary N) is 1. The van der Waals surface area contributed by atoms with Crippen LogP contribution in [0, 0.1) is 0 Å². The van der Waals surface area contributed by atoms with Gasteiger partial charge in [-0.3, -0.25) is 14.5 Å². The van der Waals surface area contributed by atoms with Gasteiger partial charge < -0.3 is 19.7 Å². The Hall–Kier alpha value is -2.77. The van der Waals surface area contributed by atoms with Crippen LogP contribution in [0.5, 0.6) is 11.5 Å². The molecular weight excluding hydrogens is 338 g/mol. The molecular formula is C18H21N3O5. The van der Waals surface area contributed by atoms with E-state index in [-0.39, 0.29) is 12.5 Å². The molecule has 3 aliphatic rings. The molecule has 0 radical (unpaired) electrons. The van der Waals surface area contributed by atoms with Crippen molar-refractivity contribution in [3.05, 3.63) is 23.8 Å². The van der Waals surface area contributed by atoms with Crippen LogP contribution in [0.3, 0.4) is 0 Å². The Morgan fingerprint density at radius 1 is 1.15 bits per heavy atom. The fourth-order valence-corrected chi connectivity index (χ4v) is 3.59. The lowest BCUT2D eigenvalue weighted by Gasteiger charge is -2.25. The summed E-state index contributed by atoms with van der Waals surface area (Å²) in [5.41, 5.74) is -0.644. The molecule has 8 nitrogen and oxygen atoms in total. The Bertz CT molecular complexity index is 774. The Labute approximate surface area is 151 Å². The maximum atomic E-state index is 13.0. The molecule has 2 saturated heterocycles. The van der Waals surface area contributed by atoms with Gasteiger partial charge in [0, 0.05) is 13.1 Å². The molecule has 0 aromatic heterocycles. The lowest BCUT2D eigenvalue weighted by molar-refractivity contribution is -0.138. The number of carbonyl (C=O) groups is 3. The van der Waals surface area contributed by atoms with Gasteiger partial charge in [0.15, 0.2) is 11.5 Å². The molecule has 0 aliphatic carbocycles. The third kappa shape index (κ3) is 2.65. The predicted octanol–water partition coefficient (Wildman–Crippen LogP) is 0.847. The van der Waals surface area contributed by atoms with Gasteiger partial charge in [0.25, 0.3) is 5.91 Å². The molecule has 1 atom stereocenters. The fourth-order valence-electron chi connectivity index (χ4n) is 3.59. The number of hydrogen-bond donors (Lipinski definition) is 1. The van der Waals surface area contributed by atoms with E-state index in [9.17, 15) is 14.4 Å². The molecule has 2 fully saturated rings. The van der Waals surface area contributed by atoms with Gasteiger partial charge in [-0.1, -0.05) is 6.07 Å². The lowest BCUT2D eigenvalue weighted by atomic mass is 9.91. The third-order valence-corrected chi connectivity index (χ3v) is 5.15. The van der Waals surface area contributed by atoms with E-state index in [4.69, 9.17) is 9.47 Å². The van der Waals surface area contributed by atoms with Gasteiger partial charge in [-0.25, -0.2) is 4.79 Å². The van der Waals surface area contributed by atoms with Gasteiger partial charge in [0.05, 0.1) is 0 Å². The molecule has 1 N–H and O–H groups in total. The third-order valence-electron chi connectivity index (χ3n) is 5.15. The van der Waals surface area contributed by atoms with Crippen LogP contribution in [0.4, 0.5) is 4.79 Å². The van der Waals surface area contributed by atoms with E-state index in [1.54, 1.807) is 30.0 Å². The number of urea groups is 1. The Balaban J connectivity index is 1.56. The maximum Gasteiger partial charge on any atom is 0.325 e. The molecule has 26 heavy (non-hydrogen) atoms. The summed E-state index contributed by atoms with van der Waals surface area (Å²) >= 11 is 0. The van der Waals surface area contributed by atoms with Crippen molar-refractivity contribution in [1.29, 1.82) is 0 Å². The molecule has 8 heteroatoms. The lowest BCUT2D eigenvalue weighted by Crippen LogP contribution is -2.44. The van der Waals surface area contributed by atoms with Crippen molar-refractivity contribution in [1.82, 2.24) is 15.1 Å². The normalized spacial score (nSPS) is 24.8. The number of benzene rings is 1. The molecule has 138 valence electrons. The van der Waals surface area contributed by atoms with Crippen LogP contribution in [-0.4, -0.2) is 60.5 Å². The molecule has 3 heterocycles. The number of imide groups is 1. The number of hydrogen-bond acceptors (Lipinski definition) is 5. The molecule has 3 aliphatic heterocycles. The van der Waals surface area contributed by atoms with Crippen molar-refractivity contribution in [2.75, 3.05) is 32.8 Å². The van der Waals surface area contributed by atoms with Crippen LogP contribution in [0.1, 0.15) is 25.3 Å². The zero-order valence-electron chi connectivity index (χ0n) is 14.6. The van der Waals surface area contributed by atoms with Crippen molar-refractivity contribution >= 4 is 17.8 Å². The van der Waals surface area contributed by atoms with Crippen molar-refractivity contribution in [3.63, 3.8) is 0 Å². The zero-order chi connectivity index (χ0) is 18.3. The monoisotopic (exact) mass is 359 g/mol. The minimum absolute atomic E-state index is 0.197. The summed E-state index contributed by atoms with van der Waals surface area (Å²) in [6.45, 7) is 3.68. The Morgan fingerprint density at radius 2 is 1.85 bits per heavy atom. The van der Waals surface area contributed by atoms with Crippen LogP contribution in [0.25, 0.3) is 0 Å². The van der Waals surface area contributed by atoms with Crippen LogP contribution in [-0.2, 0) is 15.1 Å². The summed E-state index contributed by atoms with van der Waals surface area (Å²) in [7, 11) is 0. The van der Waals surface area contributed by atoms with Crippen LogP contribution >= 0.6 is 0 Å². The highest BCUT2D eigenvalue weighted by molar-refractivity contribution is 6.09. The minimum Gasteiger partial charge on any atom is -0.486 e. The number of fused-ring (bicyclic) bond motifs is 1. The maximum absolute atomic E-state index is 13.0. The summed E-state index contributed by atoms with van der Waals surface area (Å²) in [6.07, 6.45) is 1.92. The summed E-state index contributed by atoms with van der Waals surface area (Å²) < 4.78 is 11.1. The highest BCUT2D eigenvalue weighted by Gasteiger charge is 2.50. The first-order valence-electron chi connectivity index (χ1n) is 8.81. The first-order valence-corrected chi connectivity index (χ1v) is 8.81. The van der Waals surface area contributed by atoms with E-state index < -0.39 is 17.5 Å². The van der Waals surface area contributed by atoms with Gasteiger partial charge in [-0.2, -0.15) is 0 Å². The Kier molecular flexibility index (Phi) is 3.97. The van der Waals surface area contributed by atoms with Crippen LogP contribution in [0.15, 0.2) is 18.2 Å². The van der Waals surface area contributed by atoms with E-state index in [2.05, 4.69) is 5.32 Å². The second-order valence-electron chi connectivity index (χ2n) is 6.89. The van der Waals surface area contributed by atoms with E-state index in [0.29, 0.717) is 43.4 Å². The number of amides is 4. The largest absolute Gasteiger partial charge is 0.486 e. The molecule has 0 saturated carbocycles. The molecule has 0 spiro atoms. The smallest absolute Gasteiger partial charge is 0.325 e. The highest BCUT2D eigenvalue weighted by atomic mass is 16.6. The number of carbonyl (C=O) groups excluding carboxylic acids is 3. The van der Waals surface area contributed by atoms with Crippen molar-refractivity contribution in [3.8, 4) is 11.5 Å².